The van der Waals surface area contributed by atoms with E-state index in [0.29, 0.717) is 5.16 Å². The van der Waals surface area contributed by atoms with Crippen molar-refractivity contribution in [3.8, 4) is 0 Å². The van der Waals surface area contributed by atoms with Gasteiger partial charge in [0.2, 0.25) is 5.91 Å². The Kier molecular flexibility index (Phi) is 5.91. The Morgan fingerprint density at radius 1 is 1.28 bits per heavy atom. The van der Waals surface area contributed by atoms with Gasteiger partial charge in [0, 0.05) is 24.8 Å². The van der Waals surface area contributed by atoms with Gasteiger partial charge in [-0.2, -0.15) is 0 Å². The van der Waals surface area contributed by atoms with E-state index in [0.717, 1.165) is 50.0 Å². The number of rotatable bonds is 6. The number of benzene rings is 1. The van der Waals surface area contributed by atoms with Crippen LogP contribution in [0.15, 0.2) is 46.3 Å². The molecule has 1 amide bonds. The highest BCUT2D eigenvalue weighted by Gasteiger charge is 2.29. The van der Waals surface area contributed by atoms with E-state index in [1.165, 1.54) is 17.8 Å². The van der Waals surface area contributed by atoms with Gasteiger partial charge in [-0.1, -0.05) is 55.4 Å². The molecule has 0 unspecified atom stereocenters. The summed E-state index contributed by atoms with van der Waals surface area (Å²) in [6.45, 7) is 3.67. The Morgan fingerprint density at radius 2 is 2.00 bits per heavy atom. The molecule has 2 heterocycles. The molecule has 0 radical (unpaired) electrons. The summed E-state index contributed by atoms with van der Waals surface area (Å²) < 4.78 is 0. The number of nitrogens with one attached hydrogen (secondary N) is 1. The molecule has 1 aliphatic rings. The van der Waals surface area contributed by atoms with Crippen molar-refractivity contribution in [2.45, 2.75) is 43.0 Å². The van der Waals surface area contributed by atoms with Gasteiger partial charge < -0.3 is 9.88 Å². The first-order chi connectivity index (χ1) is 12.2. The van der Waals surface area contributed by atoms with E-state index in [-0.39, 0.29) is 16.7 Å². The normalized spacial score (nSPS) is 15.3. The molecule has 0 saturated carbocycles. The number of hydrogen-bond donors (Lipinski definition) is 1. The van der Waals surface area contributed by atoms with Crippen molar-refractivity contribution in [2.75, 3.05) is 13.1 Å². The first-order valence-corrected chi connectivity index (χ1v) is 9.66. The first kappa shape index (κ1) is 17.7. The summed E-state index contributed by atoms with van der Waals surface area (Å²) in [5, 5.41) is 0.122. The fourth-order valence-corrected chi connectivity index (χ4v) is 4.12. The maximum atomic E-state index is 13.0. The van der Waals surface area contributed by atoms with Crippen LogP contribution in [-0.4, -0.2) is 33.9 Å². The summed E-state index contributed by atoms with van der Waals surface area (Å²) in [7, 11) is 0. The molecule has 0 spiro atoms. The minimum atomic E-state index is -0.390. The van der Waals surface area contributed by atoms with Crippen LogP contribution in [0.2, 0.25) is 0 Å². The lowest BCUT2D eigenvalue weighted by Gasteiger charge is -2.22. The highest BCUT2D eigenvalue weighted by molar-refractivity contribution is 8.00. The Morgan fingerprint density at radius 3 is 2.68 bits per heavy atom. The smallest absolute Gasteiger partial charge is 0.251 e. The molecule has 132 valence electrons. The van der Waals surface area contributed by atoms with Gasteiger partial charge in [0.15, 0.2) is 5.16 Å². The Balaban J connectivity index is 1.90. The number of hydrogen-bond acceptors (Lipinski definition) is 4. The fourth-order valence-electron chi connectivity index (χ4n) is 3.03. The third-order valence-electron chi connectivity index (χ3n) is 4.25. The Hall–Kier alpha value is -2.08. The van der Waals surface area contributed by atoms with Crippen molar-refractivity contribution in [3.63, 3.8) is 0 Å². The molecule has 0 aliphatic carbocycles. The lowest BCUT2D eigenvalue weighted by Crippen LogP contribution is -2.31. The van der Waals surface area contributed by atoms with Crippen molar-refractivity contribution < 1.29 is 4.79 Å². The predicted octanol–water partition coefficient (Wildman–Crippen LogP) is 3.18. The third-order valence-corrected chi connectivity index (χ3v) is 5.38. The highest BCUT2D eigenvalue weighted by Crippen LogP contribution is 2.35. The van der Waals surface area contributed by atoms with Crippen LogP contribution in [0.5, 0.6) is 0 Å². The van der Waals surface area contributed by atoms with E-state index in [9.17, 15) is 9.59 Å². The first-order valence-electron chi connectivity index (χ1n) is 8.78. The molecule has 3 rings (SSSR count). The summed E-state index contributed by atoms with van der Waals surface area (Å²) in [6.07, 6.45) is 3.79. The minimum Gasteiger partial charge on any atom is -0.341 e. The number of carbonyl (C=O) groups excluding carboxylic acids is 1. The molecule has 1 aromatic carbocycles. The van der Waals surface area contributed by atoms with Gasteiger partial charge in [-0.25, -0.2) is 4.98 Å². The molecule has 1 saturated heterocycles. The van der Waals surface area contributed by atoms with Crippen LogP contribution in [0.25, 0.3) is 0 Å². The second kappa shape index (κ2) is 8.34. The number of thioether (sulfide) groups is 1. The maximum absolute atomic E-state index is 13.0. The molecule has 1 fully saturated rings. The number of carbonyl (C=O) groups is 1. The fraction of sp³-hybridized carbons (Fsp3) is 0.421. The molecule has 2 aromatic rings. The SMILES string of the molecule is CCCc1cc(=O)[nH]c(S[C@@H](C(=O)N2CCCC2)c2ccccc2)n1. The van der Waals surface area contributed by atoms with Crippen LogP contribution in [-0.2, 0) is 11.2 Å². The average Bonchev–Trinajstić information content (AvgIpc) is 3.14. The van der Waals surface area contributed by atoms with Crippen molar-refractivity contribution >= 4 is 17.7 Å². The number of likely N-dealkylation sites (tertiary alicyclic amines) is 1. The highest BCUT2D eigenvalue weighted by atomic mass is 32.2. The van der Waals surface area contributed by atoms with Crippen molar-refractivity contribution in [2.24, 2.45) is 0 Å². The van der Waals surface area contributed by atoms with E-state index in [2.05, 4.69) is 16.9 Å². The lowest BCUT2D eigenvalue weighted by molar-refractivity contribution is -0.129. The lowest BCUT2D eigenvalue weighted by atomic mass is 10.1. The standard InChI is InChI=1S/C19H23N3O2S/c1-2-8-15-13-16(23)21-19(20-15)25-17(14-9-4-3-5-10-14)18(24)22-11-6-7-12-22/h3-5,9-10,13,17H,2,6-8,11-12H2,1H3,(H,20,21,23)/t17-/m1/s1. The summed E-state index contributed by atoms with van der Waals surface area (Å²) in [5.74, 6) is 0.0947. The number of amides is 1. The van der Waals surface area contributed by atoms with Crippen LogP contribution in [0.3, 0.4) is 0 Å². The summed E-state index contributed by atoms with van der Waals surface area (Å²) in [4.78, 5) is 34.2. The largest absolute Gasteiger partial charge is 0.341 e. The quantitative estimate of drug-likeness (QED) is 0.637. The van der Waals surface area contributed by atoms with Crippen LogP contribution in [0, 0.1) is 0 Å². The molecule has 0 bridgehead atoms. The molecule has 25 heavy (non-hydrogen) atoms. The van der Waals surface area contributed by atoms with Gasteiger partial charge >= 0.3 is 0 Å². The van der Waals surface area contributed by atoms with E-state index in [1.807, 2.05) is 35.2 Å². The molecule has 1 N–H and O–H groups in total. The summed E-state index contributed by atoms with van der Waals surface area (Å²) in [5.41, 5.74) is 1.54. The van der Waals surface area contributed by atoms with E-state index in [1.54, 1.807) is 0 Å². The molecule has 6 heteroatoms. The van der Waals surface area contributed by atoms with E-state index in [4.69, 9.17) is 0 Å². The topological polar surface area (TPSA) is 66.1 Å². The zero-order chi connectivity index (χ0) is 17.6. The van der Waals surface area contributed by atoms with Crippen molar-refractivity contribution in [1.82, 2.24) is 14.9 Å². The number of aromatic nitrogens is 2. The average molecular weight is 357 g/mol. The molecule has 1 aliphatic heterocycles. The van der Waals surface area contributed by atoms with Crippen LogP contribution in [0.4, 0.5) is 0 Å². The molecule has 1 atom stereocenters. The zero-order valence-electron chi connectivity index (χ0n) is 14.4. The van der Waals surface area contributed by atoms with E-state index < -0.39 is 0 Å². The van der Waals surface area contributed by atoms with Crippen LogP contribution >= 0.6 is 11.8 Å². The van der Waals surface area contributed by atoms with E-state index >= 15 is 0 Å². The van der Waals surface area contributed by atoms with Gasteiger partial charge in [0.25, 0.3) is 5.56 Å². The summed E-state index contributed by atoms with van der Waals surface area (Å²) in [6, 6.07) is 11.3. The van der Waals surface area contributed by atoms with Crippen molar-refractivity contribution in [3.05, 3.63) is 58.0 Å². The summed E-state index contributed by atoms with van der Waals surface area (Å²) >= 11 is 1.33. The second-order valence-corrected chi connectivity index (χ2v) is 7.33. The zero-order valence-corrected chi connectivity index (χ0v) is 15.2. The predicted molar refractivity (Wildman–Crippen MR) is 99.7 cm³/mol. The van der Waals surface area contributed by atoms with Gasteiger partial charge in [0.05, 0.1) is 0 Å². The number of aryl methyl sites for hydroxylation is 1. The second-order valence-electron chi connectivity index (χ2n) is 6.23. The number of aromatic amines is 1. The van der Waals surface area contributed by atoms with Crippen molar-refractivity contribution in [1.29, 1.82) is 0 Å². The molecular formula is C19H23N3O2S. The van der Waals surface area contributed by atoms with Crippen LogP contribution in [0.1, 0.15) is 42.7 Å². The van der Waals surface area contributed by atoms with Gasteiger partial charge in [-0.3, -0.25) is 9.59 Å². The minimum absolute atomic E-state index is 0.0947. The molecular weight excluding hydrogens is 334 g/mol. The number of H-pyrrole nitrogens is 1. The molecule has 5 nitrogen and oxygen atoms in total. The third kappa shape index (κ3) is 4.51. The monoisotopic (exact) mass is 357 g/mol. The van der Waals surface area contributed by atoms with Gasteiger partial charge in [0.1, 0.15) is 5.25 Å². The maximum Gasteiger partial charge on any atom is 0.251 e. The van der Waals surface area contributed by atoms with Gasteiger partial charge in [-0.15, -0.1) is 0 Å². The number of nitrogens with zero attached hydrogens (tertiary/aromatic N) is 2. The van der Waals surface area contributed by atoms with Crippen LogP contribution < -0.4 is 5.56 Å². The Labute approximate surface area is 151 Å². The Bertz CT molecular complexity index is 770. The van der Waals surface area contributed by atoms with Gasteiger partial charge in [-0.05, 0) is 24.8 Å². The molecule has 1 aromatic heterocycles.